The molecule has 3 aromatic rings. The van der Waals surface area contributed by atoms with Gasteiger partial charge in [-0.15, -0.1) is 0 Å². The zero-order chi connectivity index (χ0) is 25.7. The van der Waals surface area contributed by atoms with E-state index in [0.29, 0.717) is 31.7 Å². The molecule has 32 heavy (non-hydrogen) atoms. The number of aromatic nitrogens is 2. The van der Waals surface area contributed by atoms with E-state index in [1.807, 2.05) is 0 Å². The molecule has 0 radical (unpaired) electrons. The van der Waals surface area contributed by atoms with Gasteiger partial charge in [-0.1, -0.05) is 24.2 Å². The van der Waals surface area contributed by atoms with E-state index in [0.717, 1.165) is 12.8 Å². The Labute approximate surface area is 189 Å². The maximum atomic E-state index is 14.7. The van der Waals surface area contributed by atoms with Crippen molar-refractivity contribution < 1.29 is 19.5 Å². The summed E-state index contributed by atoms with van der Waals surface area (Å²) < 4.78 is 46.8. The standard InChI is InChI=1S/C24H23FN4O3/c25-20-8-5-15(14-21-17-3-1-2-4-18(17)22(30)27-26-21)13-19(20)24(32)29-11-9-28(10-12-29)23(31)16-6-7-16/h1-5,8,13,16H,6-7,9-12,14H2,(H,27,30)/i1D,2D,3D,4D. The summed E-state index contributed by atoms with van der Waals surface area (Å²) in [5.41, 5.74) is -0.218. The average Bonchev–Trinajstić information content (AvgIpc) is 3.73. The lowest BCUT2D eigenvalue weighted by atomic mass is 10.0. The van der Waals surface area contributed by atoms with Gasteiger partial charge >= 0.3 is 0 Å². The van der Waals surface area contributed by atoms with Crippen molar-refractivity contribution in [2.24, 2.45) is 5.92 Å². The molecule has 5 rings (SSSR count). The fourth-order valence-electron chi connectivity index (χ4n) is 3.99. The average molecular weight is 438 g/mol. The van der Waals surface area contributed by atoms with Gasteiger partial charge in [0.05, 0.1) is 22.1 Å². The second-order valence-corrected chi connectivity index (χ2v) is 8.13. The Balaban J connectivity index is 1.42. The van der Waals surface area contributed by atoms with Crippen molar-refractivity contribution in [3.8, 4) is 0 Å². The Kier molecular flexibility index (Phi) is 4.13. The van der Waals surface area contributed by atoms with E-state index in [2.05, 4.69) is 10.2 Å². The highest BCUT2D eigenvalue weighted by atomic mass is 19.1. The highest BCUT2D eigenvalue weighted by Gasteiger charge is 2.35. The Morgan fingerprint density at radius 2 is 1.78 bits per heavy atom. The highest BCUT2D eigenvalue weighted by Crippen LogP contribution is 2.31. The van der Waals surface area contributed by atoms with E-state index in [4.69, 9.17) is 5.48 Å². The van der Waals surface area contributed by atoms with Gasteiger partial charge in [-0.05, 0) is 36.6 Å². The van der Waals surface area contributed by atoms with Crippen LogP contribution in [0.15, 0.2) is 47.2 Å². The van der Waals surface area contributed by atoms with Gasteiger partial charge in [0, 0.05) is 43.9 Å². The molecule has 2 amide bonds. The first-order chi connectivity index (χ1) is 17.2. The zero-order valence-electron chi connectivity index (χ0n) is 21.2. The van der Waals surface area contributed by atoms with Crippen LogP contribution in [0.25, 0.3) is 10.8 Å². The van der Waals surface area contributed by atoms with E-state index < -0.39 is 41.5 Å². The summed E-state index contributed by atoms with van der Waals surface area (Å²) in [5, 5.41) is 6.04. The van der Waals surface area contributed by atoms with Gasteiger partial charge in [0.25, 0.3) is 11.5 Å². The number of hydrogen-bond donors (Lipinski definition) is 1. The van der Waals surface area contributed by atoms with Crippen molar-refractivity contribution in [1.82, 2.24) is 20.0 Å². The lowest BCUT2D eigenvalue weighted by molar-refractivity contribution is -0.134. The fourth-order valence-corrected chi connectivity index (χ4v) is 3.99. The van der Waals surface area contributed by atoms with E-state index >= 15 is 0 Å². The first-order valence-electron chi connectivity index (χ1n) is 12.5. The number of H-pyrrole nitrogens is 1. The predicted octanol–water partition coefficient (Wildman–Crippen LogP) is 2.35. The van der Waals surface area contributed by atoms with Crippen LogP contribution in [0.5, 0.6) is 0 Å². The highest BCUT2D eigenvalue weighted by molar-refractivity contribution is 5.95. The second-order valence-electron chi connectivity index (χ2n) is 8.13. The number of carbonyl (C=O) groups excluding carboxylic acids is 2. The summed E-state index contributed by atoms with van der Waals surface area (Å²) >= 11 is 0. The van der Waals surface area contributed by atoms with Crippen molar-refractivity contribution >= 4 is 22.6 Å². The number of fused-ring (bicyclic) bond motifs is 1. The molecule has 7 nitrogen and oxygen atoms in total. The van der Waals surface area contributed by atoms with Gasteiger partial charge in [-0.2, -0.15) is 5.10 Å². The van der Waals surface area contributed by atoms with Crippen molar-refractivity contribution in [2.75, 3.05) is 26.2 Å². The third kappa shape index (κ3) is 3.88. The van der Waals surface area contributed by atoms with Crippen LogP contribution in [0, 0.1) is 11.7 Å². The van der Waals surface area contributed by atoms with Gasteiger partial charge < -0.3 is 9.80 Å². The number of carbonyl (C=O) groups is 2. The van der Waals surface area contributed by atoms with Crippen LogP contribution < -0.4 is 5.56 Å². The Morgan fingerprint density at radius 1 is 1.09 bits per heavy atom. The summed E-state index contributed by atoms with van der Waals surface area (Å²) in [6.45, 7) is 1.43. The first-order valence-corrected chi connectivity index (χ1v) is 10.5. The summed E-state index contributed by atoms with van der Waals surface area (Å²) in [4.78, 5) is 40.9. The van der Waals surface area contributed by atoms with Gasteiger partial charge in [-0.25, -0.2) is 9.49 Å². The molecule has 1 aliphatic heterocycles. The van der Waals surface area contributed by atoms with E-state index in [9.17, 15) is 18.8 Å². The second kappa shape index (κ2) is 8.18. The third-order valence-electron chi connectivity index (χ3n) is 5.93. The summed E-state index contributed by atoms with van der Waals surface area (Å²) in [5.74, 6) is -0.961. The SMILES string of the molecule is [2H]c1c([2H])c([2H])c2c(=O)[nH]nc(Cc3ccc(F)c(C(=O)N4CCN(C(=O)C5CC5)CC4)c3)c2c1[2H]. The zero-order valence-corrected chi connectivity index (χ0v) is 17.2. The van der Waals surface area contributed by atoms with Gasteiger partial charge in [-0.3, -0.25) is 14.4 Å². The molecular formula is C24H23FN4O3. The number of halogens is 1. The molecule has 2 heterocycles. The monoisotopic (exact) mass is 438 g/mol. The topological polar surface area (TPSA) is 86.4 Å². The van der Waals surface area contributed by atoms with E-state index in [-0.39, 0.29) is 40.3 Å². The maximum Gasteiger partial charge on any atom is 0.272 e. The van der Waals surface area contributed by atoms with Crippen LogP contribution in [-0.2, 0) is 11.2 Å². The number of piperazine rings is 1. The number of amides is 2. The fraction of sp³-hybridized carbons (Fsp3) is 0.333. The van der Waals surface area contributed by atoms with Crippen LogP contribution in [-0.4, -0.2) is 58.0 Å². The molecule has 2 fully saturated rings. The molecule has 0 bridgehead atoms. The molecule has 0 atom stereocenters. The molecular weight excluding hydrogens is 411 g/mol. The number of nitrogens with one attached hydrogen (secondary N) is 1. The smallest absolute Gasteiger partial charge is 0.272 e. The van der Waals surface area contributed by atoms with Gasteiger partial charge in [0.15, 0.2) is 0 Å². The molecule has 0 spiro atoms. The molecule has 1 saturated heterocycles. The van der Waals surface area contributed by atoms with E-state index in [1.54, 1.807) is 4.90 Å². The lowest BCUT2D eigenvalue weighted by Gasteiger charge is -2.35. The minimum Gasteiger partial charge on any atom is -0.339 e. The minimum absolute atomic E-state index is 0.000382. The van der Waals surface area contributed by atoms with Crippen LogP contribution in [0.1, 0.15) is 39.9 Å². The lowest BCUT2D eigenvalue weighted by Crippen LogP contribution is -2.51. The van der Waals surface area contributed by atoms with Crippen molar-refractivity contribution in [3.05, 3.63) is 75.4 Å². The quantitative estimate of drug-likeness (QED) is 0.678. The molecule has 164 valence electrons. The Morgan fingerprint density at radius 3 is 2.50 bits per heavy atom. The van der Waals surface area contributed by atoms with Gasteiger partial charge in [0.2, 0.25) is 5.91 Å². The summed E-state index contributed by atoms with van der Waals surface area (Å²) in [7, 11) is 0. The van der Waals surface area contributed by atoms with Crippen LogP contribution in [0.3, 0.4) is 0 Å². The molecule has 2 aliphatic rings. The molecule has 1 N–H and O–H groups in total. The Bertz CT molecular complexity index is 1470. The normalized spacial score (nSPS) is 18.2. The number of rotatable bonds is 4. The minimum atomic E-state index is -0.741. The first kappa shape index (κ1) is 16.1. The number of benzene rings is 2. The number of hydrogen-bond acceptors (Lipinski definition) is 4. The number of nitrogens with zero attached hydrogens (tertiary/aromatic N) is 3. The maximum absolute atomic E-state index is 14.7. The molecule has 2 aromatic carbocycles. The molecule has 1 aliphatic carbocycles. The van der Waals surface area contributed by atoms with Crippen LogP contribution in [0.2, 0.25) is 0 Å². The molecule has 1 aromatic heterocycles. The van der Waals surface area contributed by atoms with Crippen LogP contribution in [0.4, 0.5) is 4.39 Å². The van der Waals surface area contributed by atoms with E-state index in [1.165, 1.54) is 23.1 Å². The summed E-state index contributed by atoms with van der Waals surface area (Å²) in [6.07, 6.45) is 1.82. The van der Waals surface area contributed by atoms with Crippen molar-refractivity contribution in [1.29, 1.82) is 0 Å². The van der Waals surface area contributed by atoms with Gasteiger partial charge in [0.1, 0.15) is 5.82 Å². The number of aromatic amines is 1. The Hall–Kier alpha value is -3.55. The third-order valence-corrected chi connectivity index (χ3v) is 5.93. The molecule has 0 unspecified atom stereocenters. The summed E-state index contributed by atoms with van der Waals surface area (Å²) in [6, 6.07) is 2.14. The predicted molar refractivity (Wildman–Crippen MR) is 117 cm³/mol. The van der Waals surface area contributed by atoms with Crippen molar-refractivity contribution in [3.63, 3.8) is 0 Å². The largest absolute Gasteiger partial charge is 0.339 e. The molecule has 8 heteroatoms. The molecule has 1 saturated carbocycles. The van der Waals surface area contributed by atoms with Crippen LogP contribution >= 0.6 is 0 Å². The van der Waals surface area contributed by atoms with Crippen molar-refractivity contribution in [2.45, 2.75) is 19.3 Å².